The molecule has 0 aliphatic carbocycles. The van der Waals surface area contributed by atoms with Crippen molar-refractivity contribution in [3.05, 3.63) is 48.0 Å². The summed E-state index contributed by atoms with van der Waals surface area (Å²) in [5.41, 5.74) is 1.15. The zero-order valence-corrected chi connectivity index (χ0v) is 30.3. The van der Waals surface area contributed by atoms with Crippen LogP contribution in [0, 0.1) is 5.92 Å². The van der Waals surface area contributed by atoms with Crippen molar-refractivity contribution in [1.29, 1.82) is 0 Å². The zero-order chi connectivity index (χ0) is 31.1. The molecule has 8 heteroatoms. The Morgan fingerprint density at radius 3 is 1.98 bits per heavy atom. The van der Waals surface area contributed by atoms with Crippen LogP contribution < -0.4 is 0 Å². The number of benzene rings is 1. The van der Waals surface area contributed by atoms with Gasteiger partial charge < -0.3 is 27.8 Å². The van der Waals surface area contributed by atoms with E-state index < -0.39 is 22.4 Å². The van der Waals surface area contributed by atoms with Crippen LogP contribution in [0.15, 0.2) is 42.5 Å². The Bertz CT molecular complexity index is 933. The van der Waals surface area contributed by atoms with Gasteiger partial charge in [0.1, 0.15) is 6.10 Å². The van der Waals surface area contributed by atoms with Crippen LogP contribution in [-0.2, 0) is 34.4 Å². The molecular weight excluding hydrogens is 549 g/mol. The first-order valence-electron chi connectivity index (χ1n) is 15.2. The summed E-state index contributed by atoms with van der Waals surface area (Å²) in [6.07, 6.45) is 4.63. The second kappa shape index (κ2) is 14.8. The molecule has 1 aromatic carbocycles. The summed E-state index contributed by atoms with van der Waals surface area (Å²) >= 11 is 0. The monoisotopic (exact) mass is 608 g/mol. The Morgan fingerprint density at radius 2 is 1.41 bits per heavy atom. The molecule has 0 saturated heterocycles. The van der Waals surface area contributed by atoms with Crippen molar-refractivity contribution in [2.75, 3.05) is 26.9 Å². The lowest BCUT2D eigenvalue weighted by Crippen LogP contribution is -2.51. The largest absolute Gasteiger partial charge is 0.414 e. The average Bonchev–Trinajstić information content (AvgIpc) is 2.85. The van der Waals surface area contributed by atoms with Crippen LogP contribution >= 0.6 is 0 Å². The van der Waals surface area contributed by atoms with Crippen LogP contribution in [0.2, 0.25) is 36.3 Å². The first-order chi connectivity index (χ1) is 18.8. The Balaban J connectivity index is 2.37. The number of hydrogen-bond donors (Lipinski definition) is 0. The Morgan fingerprint density at radius 1 is 0.805 bits per heavy atom. The number of hydrogen-bond acceptors (Lipinski definition) is 6. The predicted molar refractivity (Wildman–Crippen MR) is 174 cm³/mol. The van der Waals surface area contributed by atoms with E-state index in [1.54, 1.807) is 7.11 Å². The first kappa shape index (κ1) is 36.3. The van der Waals surface area contributed by atoms with Gasteiger partial charge in [-0.2, -0.15) is 0 Å². The van der Waals surface area contributed by atoms with E-state index >= 15 is 0 Å². The van der Waals surface area contributed by atoms with Gasteiger partial charge in [0.2, 0.25) is 0 Å². The van der Waals surface area contributed by atoms with Crippen molar-refractivity contribution in [3.8, 4) is 0 Å². The molecule has 0 radical (unpaired) electrons. The normalized spacial score (nSPS) is 24.1. The summed E-state index contributed by atoms with van der Waals surface area (Å²) < 4.78 is 38.6. The minimum Gasteiger partial charge on any atom is -0.414 e. The number of rotatable bonds is 13. The van der Waals surface area contributed by atoms with E-state index in [1.807, 2.05) is 32.0 Å². The lowest BCUT2D eigenvalue weighted by molar-refractivity contribution is -0.204. The molecule has 0 N–H and O–H groups in total. The fourth-order valence-corrected chi connectivity index (χ4v) is 6.22. The summed E-state index contributed by atoms with van der Waals surface area (Å²) in [7, 11) is -2.44. The molecule has 0 aromatic heterocycles. The number of methoxy groups -OCH3 is 1. The fraction of sp³-hybridized carbons (Fsp3) is 0.758. The van der Waals surface area contributed by atoms with E-state index in [2.05, 4.69) is 92.0 Å². The van der Waals surface area contributed by atoms with E-state index in [4.69, 9.17) is 27.8 Å². The van der Waals surface area contributed by atoms with E-state index in [1.165, 1.54) is 0 Å². The van der Waals surface area contributed by atoms with Crippen LogP contribution in [0.25, 0.3) is 0 Å². The standard InChI is InChI=1S/C33H60O6Si2/c1-31(2,3)40(10,11)37-25-30-29(39-41(12,13)32(4,5)6)20-19-27(23-36-33(7,8)34-9)21-28(38-30)24-35-22-26-17-15-14-16-18-26/h14-20,27-30H,21-25H2,1-13H3/b20-19-/t27-,28-,29+,30+/m1/s1. The molecule has 4 atom stereocenters. The lowest BCUT2D eigenvalue weighted by atomic mass is 9.98. The summed E-state index contributed by atoms with van der Waals surface area (Å²) in [5.74, 6) is -0.532. The van der Waals surface area contributed by atoms with Crippen LogP contribution in [0.5, 0.6) is 0 Å². The summed E-state index contributed by atoms with van der Waals surface area (Å²) in [6.45, 7) is 28.7. The van der Waals surface area contributed by atoms with Crippen LogP contribution in [0.4, 0.5) is 0 Å². The highest BCUT2D eigenvalue weighted by Gasteiger charge is 2.43. The maximum absolute atomic E-state index is 7.04. The second-order valence-corrected chi connectivity index (χ2v) is 24.6. The topological polar surface area (TPSA) is 55.4 Å². The first-order valence-corrected chi connectivity index (χ1v) is 21.0. The van der Waals surface area contributed by atoms with Gasteiger partial charge in [-0.3, -0.25) is 0 Å². The molecule has 2 rings (SSSR count). The molecular formula is C33H60O6Si2. The van der Waals surface area contributed by atoms with Gasteiger partial charge in [-0.1, -0.05) is 84.0 Å². The van der Waals surface area contributed by atoms with Gasteiger partial charge in [-0.15, -0.1) is 0 Å². The van der Waals surface area contributed by atoms with Crippen LogP contribution in [-0.4, -0.2) is 67.7 Å². The summed E-state index contributed by atoms with van der Waals surface area (Å²) in [5, 5.41) is 0.173. The van der Waals surface area contributed by atoms with Gasteiger partial charge in [-0.05, 0) is 62.1 Å². The molecule has 0 amide bonds. The highest BCUT2D eigenvalue weighted by Crippen LogP contribution is 2.40. The molecule has 6 nitrogen and oxygen atoms in total. The third-order valence-corrected chi connectivity index (χ3v) is 18.1. The Kier molecular flexibility index (Phi) is 13.1. The van der Waals surface area contributed by atoms with Gasteiger partial charge in [0.25, 0.3) is 0 Å². The van der Waals surface area contributed by atoms with E-state index in [-0.39, 0.29) is 34.3 Å². The third kappa shape index (κ3) is 11.6. The molecule has 236 valence electrons. The summed E-state index contributed by atoms with van der Waals surface area (Å²) in [6, 6.07) is 10.3. The molecule has 1 aliphatic rings. The van der Waals surface area contributed by atoms with Crippen LogP contribution in [0.1, 0.15) is 67.4 Å². The summed E-state index contributed by atoms with van der Waals surface area (Å²) in [4.78, 5) is 0. The van der Waals surface area contributed by atoms with Crippen molar-refractivity contribution < 1.29 is 27.8 Å². The maximum atomic E-state index is 7.04. The minimum atomic E-state index is -2.11. The molecule has 0 fully saturated rings. The second-order valence-electron chi connectivity index (χ2n) is 15.0. The molecule has 0 saturated carbocycles. The lowest BCUT2D eigenvalue weighted by Gasteiger charge is -2.43. The Hall–Kier alpha value is -0.846. The van der Waals surface area contributed by atoms with Gasteiger partial charge in [0.15, 0.2) is 22.4 Å². The molecule has 41 heavy (non-hydrogen) atoms. The van der Waals surface area contributed by atoms with Crippen molar-refractivity contribution in [3.63, 3.8) is 0 Å². The zero-order valence-electron chi connectivity index (χ0n) is 28.3. The van der Waals surface area contributed by atoms with Crippen molar-refractivity contribution >= 4 is 16.6 Å². The van der Waals surface area contributed by atoms with Crippen molar-refractivity contribution in [1.82, 2.24) is 0 Å². The van der Waals surface area contributed by atoms with E-state index in [9.17, 15) is 0 Å². The molecule has 0 spiro atoms. The molecule has 1 aromatic rings. The quantitative estimate of drug-likeness (QED) is 0.127. The van der Waals surface area contributed by atoms with Crippen molar-refractivity contribution in [2.45, 2.75) is 129 Å². The maximum Gasteiger partial charge on any atom is 0.193 e. The molecule has 0 bridgehead atoms. The van der Waals surface area contributed by atoms with E-state index in [0.717, 1.165) is 12.0 Å². The molecule has 1 heterocycles. The van der Waals surface area contributed by atoms with Crippen molar-refractivity contribution in [2.24, 2.45) is 5.92 Å². The predicted octanol–water partition coefficient (Wildman–Crippen LogP) is 8.34. The van der Waals surface area contributed by atoms with E-state index in [0.29, 0.717) is 26.4 Å². The SMILES string of the molecule is COC(C)(C)OC[C@@H]1/C=C\[C@H](O[Si](C)(C)C(C)(C)C)[C@H](CO[Si](C)(C)C(C)(C)C)O[C@@H](COCc2ccccc2)C1. The van der Waals surface area contributed by atoms with Gasteiger partial charge >= 0.3 is 0 Å². The highest BCUT2D eigenvalue weighted by atomic mass is 28.4. The van der Waals surface area contributed by atoms with Gasteiger partial charge in [-0.25, -0.2) is 0 Å². The average molecular weight is 609 g/mol. The highest BCUT2D eigenvalue weighted by molar-refractivity contribution is 6.74. The number of ether oxygens (including phenoxy) is 4. The van der Waals surface area contributed by atoms with Gasteiger partial charge in [0, 0.05) is 13.0 Å². The third-order valence-electron chi connectivity index (χ3n) is 9.08. The van der Waals surface area contributed by atoms with Crippen LogP contribution in [0.3, 0.4) is 0 Å². The fourth-order valence-electron chi connectivity index (χ4n) is 3.94. The molecule has 1 aliphatic heterocycles. The Labute approximate surface area is 253 Å². The molecule has 0 unspecified atom stereocenters. The minimum absolute atomic E-state index is 0.0667. The van der Waals surface area contributed by atoms with Gasteiger partial charge in [0.05, 0.1) is 38.6 Å². The smallest absolute Gasteiger partial charge is 0.193 e.